The van der Waals surface area contributed by atoms with Gasteiger partial charge in [0.25, 0.3) is 5.69 Å². The number of hydrogen-bond donors (Lipinski definition) is 0. The van der Waals surface area contributed by atoms with E-state index in [1.807, 2.05) is 36.4 Å². The maximum Gasteiger partial charge on any atom is 0.269 e. The molecule has 3 rings (SSSR count). The number of methoxy groups -OCH3 is 1. The SMILES string of the molecule is COc1ccc(C#CCN(C/C=C/c2ccccc2)S(=O)(=O)c2ccc([N+](=O)[O-])cc2)cc1. The molecule has 0 spiro atoms. The van der Waals surface area contributed by atoms with Crippen molar-refractivity contribution in [3.05, 3.63) is 106 Å². The lowest BCUT2D eigenvalue weighted by atomic mass is 10.2. The summed E-state index contributed by atoms with van der Waals surface area (Å²) >= 11 is 0. The number of benzene rings is 3. The van der Waals surface area contributed by atoms with Gasteiger partial charge < -0.3 is 4.74 Å². The molecule has 0 fully saturated rings. The first-order valence-electron chi connectivity index (χ1n) is 9.99. The average molecular weight is 463 g/mol. The number of nitro groups is 1. The Hall–Kier alpha value is -3.93. The monoisotopic (exact) mass is 462 g/mol. The summed E-state index contributed by atoms with van der Waals surface area (Å²) in [5.74, 6) is 6.57. The van der Waals surface area contributed by atoms with Crippen LogP contribution in [0, 0.1) is 22.0 Å². The first kappa shape index (κ1) is 23.7. The Labute approximate surface area is 193 Å². The predicted octanol–water partition coefficient (Wildman–Crippen LogP) is 4.36. The minimum atomic E-state index is -3.93. The fourth-order valence-corrected chi connectivity index (χ4v) is 4.21. The minimum absolute atomic E-state index is 0.0348. The van der Waals surface area contributed by atoms with E-state index in [9.17, 15) is 18.5 Å². The topological polar surface area (TPSA) is 89.8 Å². The van der Waals surface area contributed by atoms with Gasteiger partial charge >= 0.3 is 0 Å². The summed E-state index contributed by atoms with van der Waals surface area (Å²) in [5.41, 5.74) is 1.49. The molecule has 0 heterocycles. The van der Waals surface area contributed by atoms with Gasteiger partial charge in [0.2, 0.25) is 10.0 Å². The molecule has 0 atom stereocenters. The zero-order valence-corrected chi connectivity index (χ0v) is 18.7. The van der Waals surface area contributed by atoms with E-state index in [-0.39, 0.29) is 23.7 Å². The molecule has 0 radical (unpaired) electrons. The molecule has 0 amide bonds. The third-order valence-corrected chi connectivity index (χ3v) is 6.51. The molecule has 3 aromatic carbocycles. The Morgan fingerprint density at radius 1 is 1.00 bits per heavy atom. The number of nitro benzene ring substituents is 1. The van der Waals surface area contributed by atoms with Gasteiger partial charge in [0.05, 0.1) is 23.5 Å². The molecule has 3 aromatic rings. The fraction of sp³-hybridized carbons (Fsp3) is 0.120. The molecule has 0 aliphatic carbocycles. The lowest BCUT2D eigenvalue weighted by Crippen LogP contribution is -2.31. The fourth-order valence-electron chi connectivity index (χ4n) is 2.91. The summed E-state index contributed by atoms with van der Waals surface area (Å²) in [6.45, 7) is 0.0377. The van der Waals surface area contributed by atoms with Gasteiger partial charge in [-0.05, 0) is 42.0 Å². The van der Waals surface area contributed by atoms with Crippen LogP contribution in [0.15, 0.2) is 89.8 Å². The quantitative estimate of drug-likeness (QED) is 0.282. The highest BCUT2D eigenvalue weighted by atomic mass is 32.2. The second kappa shape index (κ2) is 11.1. The number of rotatable bonds is 8. The molecule has 0 N–H and O–H groups in total. The predicted molar refractivity (Wildman–Crippen MR) is 127 cm³/mol. The second-order valence-corrected chi connectivity index (χ2v) is 8.83. The van der Waals surface area contributed by atoms with Gasteiger partial charge in [-0.15, -0.1) is 0 Å². The third-order valence-electron chi connectivity index (χ3n) is 4.68. The lowest BCUT2D eigenvalue weighted by molar-refractivity contribution is -0.384. The van der Waals surface area contributed by atoms with E-state index in [4.69, 9.17) is 4.74 Å². The van der Waals surface area contributed by atoms with Crippen LogP contribution >= 0.6 is 0 Å². The molecular formula is C25H22N2O5S. The van der Waals surface area contributed by atoms with E-state index in [1.54, 1.807) is 37.5 Å². The molecule has 0 saturated heterocycles. The Morgan fingerprint density at radius 3 is 2.27 bits per heavy atom. The summed E-state index contributed by atoms with van der Waals surface area (Å²) in [7, 11) is -2.35. The molecular weight excluding hydrogens is 440 g/mol. The van der Waals surface area contributed by atoms with Crippen LogP contribution in [0.2, 0.25) is 0 Å². The van der Waals surface area contributed by atoms with Crippen molar-refractivity contribution in [1.82, 2.24) is 4.31 Å². The van der Waals surface area contributed by atoms with Gasteiger partial charge in [-0.3, -0.25) is 10.1 Å². The number of hydrogen-bond acceptors (Lipinski definition) is 5. The van der Waals surface area contributed by atoms with Gasteiger partial charge in [0.1, 0.15) is 5.75 Å². The maximum atomic E-state index is 13.2. The van der Waals surface area contributed by atoms with Crippen molar-refractivity contribution in [1.29, 1.82) is 0 Å². The van der Waals surface area contributed by atoms with Crippen molar-refractivity contribution in [3.8, 4) is 17.6 Å². The smallest absolute Gasteiger partial charge is 0.269 e. The molecule has 0 saturated carbocycles. The highest BCUT2D eigenvalue weighted by molar-refractivity contribution is 7.89. The zero-order valence-electron chi connectivity index (χ0n) is 17.9. The Morgan fingerprint density at radius 2 is 1.67 bits per heavy atom. The number of non-ortho nitro benzene ring substituents is 1. The Bertz CT molecular complexity index is 1270. The van der Waals surface area contributed by atoms with Gasteiger partial charge in [0, 0.05) is 24.2 Å². The van der Waals surface area contributed by atoms with Crippen LogP contribution in [0.5, 0.6) is 5.75 Å². The molecule has 33 heavy (non-hydrogen) atoms. The highest BCUT2D eigenvalue weighted by Gasteiger charge is 2.23. The van der Waals surface area contributed by atoms with E-state index >= 15 is 0 Å². The molecule has 8 heteroatoms. The standard InChI is InChI=1S/C25H22N2O5S/c1-32-24-15-11-22(12-16-24)10-6-20-26(19-5-9-21-7-3-2-4-8-21)33(30,31)25-17-13-23(14-18-25)27(28)29/h2-5,7-9,11-18H,19-20H2,1H3/b9-5+. The van der Waals surface area contributed by atoms with E-state index < -0.39 is 14.9 Å². The van der Waals surface area contributed by atoms with Crippen molar-refractivity contribution < 1.29 is 18.1 Å². The molecule has 0 aromatic heterocycles. The Balaban J connectivity index is 1.84. The normalized spacial score (nSPS) is 11.2. The van der Waals surface area contributed by atoms with E-state index in [0.717, 1.165) is 11.1 Å². The van der Waals surface area contributed by atoms with Crippen LogP contribution in [-0.2, 0) is 10.0 Å². The van der Waals surface area contributed by atoms with Crippen molar-refractivity contribution in [2.45, 2.75) is 4.90 Å². The third kappa shape index (κ3) is 6.53. The maximum absolute atomic E-state index is 13.2. The minimum Gasteiger partial charge on any atom is -0.497 e. The summed E-state index contributed by atoms with van der Waals surface area (Å²) in [4.78, 5) is 10.3. The number of nitrogens with zero attached hydrogens (tertiary/aromatic N) is 2. The van der Waals surface area contributed by atoms with Crippen LogP contribution in [0.1, 0.15) is 11.1 Å². The molecule has 0 bridgehead atoms. The summed E-state index contributed by atoms with van der Waals surface area (Å²) < 4.78 is 32.8. The van der Waals surface area contributed by atoms with E-state index in [1.165, 1.54) is 28.6 Å². The summed E-state index contributed by atoms with van der Waals surface area (Å²) in [5, 5.41) is 10.9. The van der Waals surface area contributed by atoms with Crippen LogP contribution in [0.4, 0.5) is 5.69 Å². The molecule has 0 aliphatic heterocycles. The van der Waals surface area contributed by atoms with Crippen molar-refractivity contribution in [2.75, 3.05) is 20.2 Å². The summed E-state index contributed by atoms with van der Waals surface area (Å²) in [6, 6.07) is 21.5. The van der Waals surface area contributed by atoms with E-state index in [0.29, 0.717) is 5.75 Å². The molecule has 0 unspecified atom stereocenters. The Kier molecular flexibility index (Phi) is 7.97. The van der Waals surface area contributed by atoms with Crippen LogP contribution in [-0.4, -0.2) is 37.8 Å². The number of ether oxygens (including phenoxy) is 1. The molecule has 7 nitrogen and oxygen atoms in total. The first-order chi connectivity index (χ1) is 15.9. The van der Waals surface area contributed by atoms with Crippen LogP contribution in [0.25, 0.3) is 6.08 Å². The van der Waals surface area contributed by atoms with Crippen LogP contribution < -0.4 is 4.74 Å². The molecule has 0 aliphatic rings. The average Bonchev–Trinajstić information content (AvgIpc) is 2.84. The number of sulfonamides is 1. The van der Waals surface area contributed by atoms with Crippen LogP contribution in [0.3, 0.4) is 0 Å². The molecule has 168 valence electrons. The second-order valence-electron chi connectivity index (χ2n) is 6.89. The van der Waals surface area contributed by atoms with Crippen molar-refractivity contribution >= 4 is 21.8 Å². The van der Waals surface area contributed by atoms with Gasteiger partial charge in [-0.1, -0.05) is 54.3 Å². The van der Waals surface area contributed by atoms with Gasteiger partial charge in [-0.25, -0.2) is 8.42 Å². The largest absolute Gasteiger partial charge is 0.497 e. The highest BCUT2D eigenvalue weighted by Crippen LogP contribution is 2.20. The summed E-state index contributed by atoms with van der Waals surface area (Å²) in [6.07, 6.45) is 3.57. The zero-order chi connectivity index (χ0) is 23.7. The van der Waals surface area contributed by atoms with Crippen molar-refractivity contribution in [3.63, 3.8) is 0 Å². The van der Waals surface area contributed by atoms with Gasteiger partial charge in [-0.2, -0.15) is 4.31 Å². The van der Waals surface area contributed by atoms with E-state index in [2.05, 4.69) is 11.8 Å². The van der Waals surface area contributed by atoms with Crippen molar-refractivity contribution in [2.24, 2.45) is 0 Å². The first-order valence-corrected chi connectivity index (χ1v) is 11.4. The lowest BCUT2D eigenvalue weighted by Gasteiger charge is -2.18. The van der Waals surface area contributed by atoms with Gasteiger partial charge in [0.15, 0.2) is 0 Å².